The van der Waals surface area contributed by atoms with Gasteiger partial charge in [-0.05, 0) is 26.3 Å². The summed E-state index contributed by atoms with van der Waals surface area (Å²) in [6.07, 6.45) is 4.99. The van der Waals surface area contributed by atoms with E-state index in [1.165, 1.54) is 0 Å². The van der Waals surface area contributed by atoms with Crippen molar-refractivity contribution in [3.05, 3.63) is 18.1 Å². The molecule has 0 unspecified atom stereocenters. The van der Waals surface area contributed by atoms with Crippen molar-refractivity contribution in [2.45, 2.75) is 26.2 Å². The minimum Gasteiger partial charge on any atom is -0.370 e. The summed E-state index contributed by atoms with van der Waals surface area (Å²) in [5, 5.41) is 3.20. The van der Waals surface area contributed by atoms with E-state index in [0.29, 0.717) is 0 Å². The van der Waals surface area contributed by atoms with E-state index >= 15 is 0 Å². The van der Waals surface area contributed by atoms with Gasteiger partial charge in [-0.1, -0.05) is 6.42 Å². The van der Waals surface area contributed by atoms with Crippen LogP contribution in [0.15, 0.2) is 12.5 Å². The molecule has 0 aromatic carbocycles. The molecular formula is C10H18N4. The fourth-order valence-corrected chi connectivity index (χ4v) is 1.19. The van der Waals surface area contributed by atoms with Crippen molar-refractivity contribution in [3.63, 3.8) is 0 Å². The maximum atomic E-state index is 7.30. The molecule has 0 aliphatic rings. The Balaban J connectivity index is 2.33. The Bertz CT molecular complexity index is 303. The number of aromatic nitrogens is 2. The predicted octanol–water partition coefficient (Wildman–Crippen LogP) is 1.33. The fraction of sp³-hybridized carbons (Fsp3) is 0.600. The van der Waals surface area contributed by atoms with Gasteiger partial charge < -0.3 is 11.1 Å². The Morgan fingerprint density at radius 3 is 3.14 bits per heavy atom. The smallest absolute Gasteiger partial charge is 0.132 e. The van der Waals surface area contributed by atoms with Gasteiger partial charge in [-0.3, -0.25) is 0 Å². The molecule has 1 aromatic rings. The van der Waals surface area contributed by atoms with E-state index in [1.807, 2.05) is 6.92 Å². The standard InChI is InChI=1S/C10H18N4/c1-9-7-12-8-14-10(9)13-6-4-2-3-5-11/h7-8H,2-6,11H2,1H3,(H,12,13,14)/i8D. The zero-order valence-corrected chi connectivity index (χ0v) is 8.58. The minimum atomic E-state index is 0.0602. The summed E-state index contributed by atoms with van der Waals surface area (Å²) >= 11 is 0. The zero-order chi connectivity index (χ0) is 11.1. The Labute approximate surface area is 86.4 Å². The molecule has 0 saturated carbocycles. The number of aryl methyl sites for hydroxylation is 1. The molecule has 0 aliphatic heterocycles. The highest BCUT2D eigenvalue weighted by Crippen LogP contribution is 2.07. The van der Waals surface area contributed by atoms with Crippen LogP contribution >= 0.6 is 0 Å². The van der Waals surface area contributed by atoms with E-state index in [-0.39, 0.29) is 6.30 Å². The lowest BCUT2D eigenvalue weighted by Gasteiger charge is -2.06. The number of anilines is 1. The Kier molecular flexibility index (Phi) is 4.24. The molecule has 0 atom stereocenters. The third-order valence-electron chi connectivity index (χ3n) is 2.02. The van der Waals surface area contributed by atoms with Gasteiger partial charge in [0.25, 0.3) is 0 Å². The molecule has 0 spiro atoms. The molecular weight excluding hydrogens is 176 g/mol. The van der Waals surface area contributed by atoms with Crippen LogP contribution in [0.25, 0.3) is 0 Å². The maximum Gasteiger partial charge on any atom is 0.132 e. The molecule has 0 aliphatic carbocycles. The normalized spacial score (nSPS) is 11.1. The van der Waals surface area contributed by atoms with Crippen LogP contribution in [0.5, 0.6) is 0 Å². The predicted molar refractivity (Wildman–Crippen MR) is 58.2 cm³/mol. The van der Waals surface area contributed by atoms with Gasteiger partial charge in [0, 0.05) is 18.3 Å². The van der Waals surface area contributed by atoms with Gasteiger partial charge in [-0.15, -0.1) is 0 Å². The summed E-state index contributed by atoms with van der Waals surface area (Å²) in [7, 11) is 0. The van der Waals surface area contributed by atoms with E-state index in [0.717, 1.165) is 43.7 Å². The summed E-state index contributed by atoms with van der Waals surface area (Å²) < 4.78 is 7.30. The SMILES string of the molecule is [2H]c1ncc(C)c(NCCCCCN)n1. The highest BCUT2D eigenvalue weighted by atomic mass is 15.0. The highest BCUT2D eigenvalue weighted by molar-refractivity contribution is 5.40. The van der Waals surface area contributed by atoms with E-state index < -0.39 is 0 Å². The summed E-state index contributed by atoms with van der Waals surface area (Å²) in [4.78, 5) is 7.81. The van der Waals surface area contributed by atoms with Gasteiger partial charge in [0.2, 0.25) is 0 Å². The average Bonchev–Trinajstić information content (AvgIpc) is 2.23. The van der Waals surface area contributed by atoms with E-state index in [9.17, 15) is 0 Å². The molecule has 0 bridgehead atoms. The second-order valence-electron chi connectivity index (χ2n) is 3.28. The summed E-state index contributed by atoms with van der Waals surface area (Å²) in [5.41, 5.74) is 6.38. The van der Waals surface area contributed by atoms with Crippen LogP contribution < -0.4 is 11.1 Å². The zero-order valence-electron chi connectivity index (χ0n) is 9.58. The van der Waals surface area contributed by atoms with Gasteiger partial charge in [0.05, 0.1) is 0 Å². The average molecular weight is 195 g/mol. The molecule has 0 radical (unpaired) electrons. The van der Waals surface area contributed by atoms with Crippen molar-refractivity contribution in [1.29, 1.82) is 0 Å². The van der Waals surface area contributed by atoms with Crippen molar-refractivity contribution in [3.8, 4) is 0 Å². The van der Waals surface area contributed by atoms with Crippen LogP contribution in [0.4, 0.5) is 5.82 Å². The lowest BCUT2D eigenvalue weighted by Crippen LogP contribution is -2.06. The van der Waals surface area contributed by atoms with Crippen LogP contribution in [-0.4, -0.2) is 23.1 Å². The molecule has 1 aromatic heterocycles. The van der Waals surface area contributed by atoms with Gasteiger partial charge in [-0.25, -0.2) is 9.97 Å². The molecule has 1 heterocycles. The molecule has 0 saturated heterocycles. The van der Waals surface area contributed by atoms with E-state index in [1.54, 1.807) is 6.20 Å². The number of rotatable bonds is 6. The first-order valence-corrected chi connectivity index (χ1v) is 4.98. The molecule has 14 heavy (non-hydrogen) atoms. The van der Waals surface area contributed by atoms with Crippen molar-refractivity contribution in [1.82, 2.24) is 9.97 Å². The second kappa shape index (κ2) is 6.32. The number of hydrogen-bond acceptors (Lipinski definition) is 4. The number of nitrogens with zero attached hydrogens (tertiary/aromatic N) is 2. The summed E-state index contributed by atoms with van der Waals surface area (Å²) in [5.74, 6) is 0.766. The maximum absolute atomic E-state index is 7.30. The molecule has 1 rings (SSSR count). The number of hydrogen-bond donors (Lipinski definition) is 2. The first-order chi connectivity index (χ1) is 7.24. The molecule has 0 amide bonds. The number of nitrogens with two attached hydrogens (primary N) is 1. The van der Waals surface area contributed by atoms with Gasteiger partial charge in [0.1, 0.15) is 13.5 Å². The minimum absolute atomic E-state index is 0.0602. The topological polar surface area (TPSA) is 63.8 Å². The highest BCUT2D eigenvalue weighted by Gasteiger charge is 1.96. The number of nitrogens with one attached hydrogen (secondary N) is 1. The van der Waals surface area contributed by atoms with Gasteiger partial charge in [0.15, 0.2) is 0 Å². The third-order valence-corrected chi connectivity index (χ3v) is 2.02. The van der Waals surface area contributed by atoms with E-state index in [2.05, 4.69) is 15.3 Å². The van der Waals surface area contributed by atoms with Crippen LogP contribution in [0.1, 0.15) is 26.2 Å². The second-order valence-corrected chi connectivity index (χ2v) is 3.28. The molecule has 78 valence electrons. The lowest BCUT2D eigenvalue weighted by molar-refractivity contribution is 0.706. The Hall–Kier alpha value is -1.16. The molecule has 4 heteroatoms. The Morgan fingerprint density at radius 2 is 2.36 bits per heavy atom. The molecule has 0 fully saturated rings. The van der Waals surface area contributed by atoms with Crippen LogP contribution in [-0.2, 0) is 0 Å². The largest absolute Gasteiger partial charge is 0.370 e. The van der Waals surface area contributed by atoms with Crippen molar-refractivity contribution >= 4 is 5.82 Å². The monoisotopic (exact) mass is 195 g/mol. The van der Waals surface area contributed by atoms with Gasteiger partial charge >= 0.3 is 0 Å². The fourth-order valence-electron chi connectivity index (χ4n) is 1.19. The number of unbranched alkanes of at least 4 members (excludes halogenated alkanes) is 2. The quantitative estimate of drug-likeness (QED) is 0.672. The third kappa shape index (κ3) is 3.70. The first kappa shape index (κ1) is 9.40. The van der Waals surface area contributed by atoms with Crippen LogP contribution in [0, 0.1) is 6.92 Å². The Morgan fingerprint density at radius 1 is 1.50 bits per heavy atom. The molecule has 4 nitrogen and oxygen atoms in total. The molecule has 3 N–H and O–H groups in total. The van der Waals surface area contributed by atoms with E-state index in [4.69, 9.17) is 7.10 Å². The van der Waals surface area contributed by atoms with Gasteiger partial charge in [-0.2, -0.15) is 0 Å². The summed E-state index contributed by atoms with van der Waals surface area (Å²) in [6, 6.07) is 0. The van der Waals surface area contributed by atoms with Crippen molar-refractivity contribution in [2.75, 3.05) is 18.4 Å². The van der Waals surface area contributed by atoms with Crippen LogP contribution in [0.2, 0.25) is 0 Å². The van der Waals surface area contributed by atoms with Crippen molar-refractivity contribution < 1.29 is 1.37 Å². The van der Waals surface area contributed by atoms with Crippen molar-refractivity contribution in [2.24, 2.45) is 5.73 Å². The lowest BCUT2D eigenvalue weighted by atomic mass is 10.2. The first-order valence-electron chi connectivity index (χ1n) is 5.48. The van der Waals surface area contributed by atoms with Crippen LogP contribution in [0.3, 0.4) is 0 Å². The summed E-state index contributed by atoms with van der Waals surface area (Å²) in [6.45, 7) is 3.56.